The molecule has 230 valence electrons. The summed E-state index contributed by atoms with van der Waals surface area (Å²) in [6.07, 6.45) is 0.196. The molecule has 2 amide bonds. The zero-order valence-corrected chi connectivity index (χ0v) is 27.3. The molecule has 0 heterocycles. The van der Waals surface area contributed by atoms with Crippen LogP contribution in [0.1, 0.15) is 23.6 Å². The maximum Gasteiger partial charge on any atom is 0.264 e. The second kappa shape index (κ2) is 14.9. The highest BCUT2D eigenvalue weighted by atomic mass is 35.5. The number of benzene rings is 4. The number of amides is 2. The molecule has 7 nitrogen and oxygen atoms in total. The maximum atomic E-state index is 14.4. The number of hydrogen-bond donors (Lipinski definition) is 1. The predicted molar refractivity (Wildman–Crippen MR) is 177 cm³/mol. The normalized spacial score (nSPS) is 11.9. The molecule has 1 atom stereocenters. The minimum Gasteiger partial charge on any atom is -0.355 e. The summed E-state index contributed by atoms with van der Waals surface area (Å²) < 4.78 is 29.1. The summed E-state index contributed by atoms with van der Waals surface area (Å²) in [6, 6.07) is 25.9. The molecule has 0 saturated heterocycles. The van der Waals surface area contributed by atoms with Crippen molar-refractivity contribution in [3.05, 3.63) is 129 Å². The summed E-state index contributed by atoms with van der Waals surface area (Å²) >= 11 is 18.7. The number of aryl methyl sites for hydroxylation is 1. The molecule has 1 N–H and O–H groups in total. The first-order valence-electron chi connectivity index (χ1n) is 13.9. The van der Waals surface area contributed by atoms with Gasteiger partial charge in [-0.2, -0.15) is 0 Å². The van der Waals surface area contributed by atoms with Crippen LogP contribution in [0.2, 0.25) is 15.1 Å². The van der Waals surface area contributed by atoms with Crippen LogP contribution < -0.4 is 9.62 Å². The summed E-state index contributed by atoms with van der Waals surface area (Å²) in [5.74, 6) is -0.973. The highest BCUT2D eigenvalue weighted by Gasteiger charge is 2.34. The molecule has 0 radical (unpaired) electrons. The molecule has 0 aliphatic carbocycles. The third-order valence-corrected chi connectivity index (χ3v) is 9.71. The van der Waals surface area contributed by atoms with E-state index in [-0.39, 0.29) is 34.5 Å². The van der Waals surface area contributed by atoms with Crippen molar-refractivity contribution in [1.82, 2.24) is 10.2 Å². The Morgan fingerprint density at radius 2 is 1.52 bits per heavy atom. The Morgan fingerprint density at radius 1 is 0.818 bits per heavy atom. The smallest absolute Gasteiger partial charge is 0.264 e. The molecule has 4 aromatic carbocycles. The number of nitrogens with zero attached hydrogens (tertiary/aromatic N) is 2. The van der Waals surface area contributed by atoms with Gasteiger partial charge in [-0.3, -0.25) is 13.9 Å². The van der Waals surface area contributed by atoms with Gasteiger partial charge in [0.15, 0.2) is 0 Å². The Bertz CT molecular complexity index is 1720. The molecule has 11 heteroatoms. The van der Waals surface area contributed by atoms with Crippen LogP contribution in [0, 0.1) is 6.92 Å². The monoisotopic (exact) mass is 671 g/mol. The van der Waals surface area contributed by atoms with Gasteiger partial charge in [0, 0.05) is 24.5 Å². The first-order chi connectivity index (χ1) is 21.0. The number of nitrogens with one attached hydrogen (secondary N) is 1. The van der Waals surface area contributed by atoms with Crippen LogP contribution in [-0.2, 0) is 32.6 Å². The van der Waals surface area contributed by atoms with Crippen LogP contribution in [0.4, 0.5) is 5.69 Å². The van der Waals surface area contributed by atoms with Crippen LogP contribution >= 0.6 is 34.8 Å². The summed E-state index contributed by atoms with van der Waals surface area (Å²) in [5, 5.41) is 3.76. The fraction of sp³-hybridized carbons (Fsp3) is 0.212. The van der Waals surface area contributed by atoms with Crippen molar-refractivity contribution < 1.29 is 18.0 Å². The number of likely N-dealkylation sites (N-methyl/N-ethyl adjacent to an activating group) is 1. The molecular weight excluding hydrogens is 641 g/mol. The van der Waals surface area contributed by atoms with Gasteiger partial charge in [-0.1, -0.05) is 95.0 Å². The van der Waals surface area contributed by atoms with E-state index in [0.29, 0.717) is 22.2 Å². The predicted octanol–water partition coefficient (Wildman–Crippen LogP) is 6.93. The number of carbonyl (C=O) groups excluding carboxylic acids is 2. The highest BCUT2D eigenvalue weighted by molar-refractivity contribution is 7.92. The molecule has 0 bridgehead atoms. The molecule has 4 aromatic rings. The van der Waals surface area contributed by atoms with Crippen molar-refractivity contribution in [3.63, 3.8) is 0 Å². The lowest BCUT2D eigenvalue weighted by atomic mass is 10.0. The number of carbonyl (C=O) groups is 2. The van der Waals surface area contributed by atoms with E-state index in [0.717, 1.165) is 15.4 Å². The van der Waals surface area contributed by atoms with Crippen LogP contribution in [0.3, 0.4) is 0 Å². The highest BCUT2D eigenvalue weighted by Crippen LogP contribution is 2.28. The minimum absolute atomic E-state index is 0.0106. The second-order valence-corrected chi connectivity index (χ2v) is 13.3. The van der Waals surface area contributed by atoms with Gasteiger partial charge in [0.1, 0.15) is 12.6 Å². The Balaban J connectivity index is 1.81. The van der Waals surface area contributed by atoms with Gasteiger partial charge in [0.2, 0.25) is 11.8 Å². The molecule has 0 unspecified atom stereocenters. The van der Waals surface area contributed by atoms with E-state index in [9.17, 15) is 18.0 Å². The zero-order valence-electron chi connectivity index (χ0n) is 24.2. The van der Waals surface area contributed by atoms with Crippen molar-refractivity contribution in [3.8, 4) is 0 Å². The Kier molecular flexibility index (Phi) is 11.3. The van der Waals surface area contributed by atoms with Gasteiger partial charge in [0.25, 0.3) is 10.0 Å². The lowest BCUT2D eigenvalue weighted by Gasteiger charge is -2.34. The van der Waals surface area contributed by atoms with E-state index in [1.807, 2.05) is 37.3 Å². The number of anilines is 1. The number of hydrogen-bond acceptors (Lipinski definition) is 4. The van der Waals surface area contributed by atoms with Gasteiger partial charge in [-0.05, 0) is 67.4 Å². The summed E-state index contributed by atoms with van der Waals surface area (Å²) in [6.45, 7) is 3.36. The minimum atomic E-state index is -4.23. The van der Waals surface area contributed by atoms with E-state index in [2.05, 4.69) is 5.32 Å². The summed E-state index contributed by atoms with van der Waals surface area (Å²) in [5.41, 5.74) is 2.53. The lowest BCUT2D eigenvalue weighted by Crippen LogP contribution is -2.53. The van der Waals surface area contributed by atoms with E-state index in [4.69, 9.17) is 34.8 Å². The van der Waals surface area contributed by atoms with Crippen molar-refractivity contribution in [2.45, 2.75) is 37.8 Å². The van der Waals surface area contributed by atoms with Crippen molar-refractivity contribution in [2.75, 3.05) is 17.4 Å². The molecule has 0 spiro atoms. The first kappa shape index (κ1) is 33.3. The third-order valence-electron chi connectivity index (χ3n) is 6.94. The molecule has 0 saturated carbocycles. The van der Waals surface area contributed by atoms with Crippen molar-refractivity contribution in [2.24, 2.45) is 0 Å². The zero-order chi connectivity index (χ0) is 31.9. The fourth-order valence-electron chi connectivity index (χ4n) is 4.68. The molecule has 0 fully saturated rings. The quantitative estimate of drug-likeness (QED) is 0.177. The Hall–Kier alpha value is -3.56. The number of sulfonamides is 1. The van der Waals surface area contributed by atoms with Crippen molar-refractivity contribution >= 4 is 62.3 Å². The van der Waals surface area contributed by atoms with Gasteiger partial charge >= 0.3 is 0 Å². The number of rotatable bonds is 12. The average molecular weight is 673 g/mol. The summed E-state index contributed by atoms with van der Waals surface area (Å²) in [7, 11) is -4.23. The first-order valence-corrected chi connectivity index (χ1v) is 16.5. The van der Waals surface area contributed by atoms with E-state index >= 15 is 0 Å². The summed E-state index contributed by atoms with van der Waals surface area (Å²) in [4.78, 5) is 29.3. The lowest BCUT2D eigenvalue weighted by molar-refractivity contribution is -0.140. The van der Waals surface area contributed by atoms with Crippen LogP contribution in [0.5, 0.6) is 0 Å². The molecule has 4 rings (SSSR count). The van der Waals surface area contributed by atoms with Gasteiger partial charge < -0.3 is 10.2 Å². The SMILES string of the molecule is CCNC(=O)[C@@H](Cc1ccccc1)N(Cc1ccc(Cl)c(Cl)c1)C(=O)CN(c1cccc(Cl)c1)S(=O)(=O)c1ccc(C)cc1. The maximum absolute atomic E-state index is 14.4. The topological polar surface area (TPSA) is 86.8 Å². The molecule has 0 aliphatic heterocycles. The van der Waals surface area contributed by atoms with Crippen LogP contribution in [-0.4, -0.2) is 44.3 Å². The standard InChI is InChI=1S/C33H32Cl3N3O4S/c1-3-37-33(41)31(19-24-8-5-4-6-9-24)38(21-25-14-17-29(35)30(36)18-25)32(40)22-39(27-11-7-10-26(34)20-27)44(42,43)28-15-12-23(2)13-16-28/h4-18,20,31H,3,19,21-22H2,1-2H3,(H,37,41)/t31-/m1/s1. The van der Waals surface area contributed by atoms with Gasteiger partial charge in [0.05, 0.1) is 20.6 Å². The average Bonchev–Trinajstić information content (AvgIpc) is 3.00. The molecular formula is C33H32Cl3N3O4S. The molecule has 0 aromatic heterocycles. The van der Waals surface area contributed by atoms with E-state index < -0.39 is 28.5 Å². The van der Waals surface area contributed by atoms with Gasteiger partial charge in [-0.25, -0.2) is 8.42 Å². The third kappa shape index (κ3) is 8.33. The Morgan fingerprint density at radius 3 is 2.16 bits per heavy atom. The number of halogens is 3. The molecule has 0 aliphatic rings. The largest absolute Gasteiger partial charge is 0.355 e. The Labute approximate surface area is 273 Å². The van der Waals surface area contributed by atoms with Crippen molar-refractivity contribution in [1.29, 1.82) is 0 Å². The fourth-order valence-corrected chi connectivity index (χ4v) is 6.59. The molecule has 44 heavy (non-hydrogen) atoms. The van der Waals surface area contributed by atoms with Crippen LogP contribution in [0.15, 0.2) is 102 Å². The van der Waals surface area contributed by atoms with E-state index in [1.54, 1.807) is 55.5 Å². The van der Waals surface area contributed by atoms with E-state index in [1.165, 1.54) is 23.1 Å². The second-order valence-electron chi connectivity index (χ2n) is 10.2. The van der Waals surface area contributed by atoms with Crippen LogP contribution in [0.25, 0.3) is 0 Å². The van der Waals surface area contributed by atoms with Gasteiger partial charge in [-0.15, -0.1) is 0 Å².